The Hall–Kier alpha value is -1.61. The first-order valence-corrected chi connectivity index (χ1v) is 5.93. The summed E-state index contributed by atoms with van der Waals surface area (Å²) in [4.78, 5) is 12.0. The smallest absolute Gasteiger partial charge is 0.241 e. The normalized spacial score (nSPS) is 19.1. The first kappa shape index (κ1) is 11.9. The maximum atomic E-state index is 12.0. The van der Waals surface area contributed by atoms with Gasteiger partial charge in [0, 0.05) is 12.2 Å². The molecule has 2 N–H and O–H groups in total. The Morgan fingerprint density at radius 3 is 3.06 bits per heavy atom. The fraction of sp³-hybridized carbons (Fsp3) is 0.357. The maximum Gasteiger partial charge on any atom is 0.241 e. The second kappa shape index (κ2) is 5.15. The summed E-state index contributed by atoms with van der Waals surface area (Å²) in [5, 5.41) is 6.20. The molecule has 1 aliphatic rings. The molecule has 1 heterocycles. The van der Waals surface area contributed by atoms with Crippen molar-refractivity contribution in [3.05, 3.63) is 42.0 Å². The molecule has 17 heavy (non-hydrogen) atoms. The minimum absolute atomic E-state index is 0.0520. The van der Waals surface area contributed by atoms with Gasteiger partial charge in [-0.2, -0.15) is 0 Å². The number of aryl methyl sites for hydroxylation is 1. The molecule has 0 fully saturated rings. The van der Waals surface area contributed by atoms with Crippen LogP contribution >= 0.6 is 0 Å². The monoisotopic (exact) mass is 230 g/mol. The van der Waals surface area contributed by atoms with E-state index in [1.807, 2.05) is 25.1 Å². The molecule has 1 aliphatic heterocycles. The van der Waals surface area contributed by atoms with E-state index in [0.717, 1.165) is 24.1 Å². The highest BCUT2D eigenvalue weighted by atomic mass is 16.2. The molecule has 1 aromatic carbocycles. The Kier molecular flexibility index (Phi) is 3.59. The number of nitrogens with one attached hydrogen (secondary N) is 2. The van der Waals surface area contributed by atoms with Crippen LogP contribution in [0.25, 0.3) is 0 Å². The summed E-state index contributed by atoms with van der Waals surface area (Å²) >= 11 is 0. The van der Waals surface area contributed by atoms with Crippen molar-refractivity contribution in [3.8, 4) is 0 Å². The average molecular weight is 230 g/mol. The predicted octanol–water partition coefficient (Wildman–Crippen LogP) is 2.11. The first-order chi connectivity index (χ1) is 8.16. The summed E-state index contributed by atoms with van der Waals surface area (Å²) < 4.78 is 0. The SMILES string of the molecule is C=C(C)CNC1CCc2ccccc2NC1=O. The van der Waals surface area contributed by atoms with Gasteiger partial charge in [-0.3, -0.25) is 4.79 Å². The van der Waals surface area contributed by atoms with Crippen molar-refractivity contribution in [1.82, 2.24) is 5.32 Å². The molecule has 1 unspecified atom stereocenters. The molecule has 90 valence electrons. The van der Waals surface area contributed by atoms with Gasteiger partial charge in [0.05, 0.1) is 6.04 Å². The van der Waals surface area contributed by atoms with Gasteiger partial charge in [-0.1, -0.05) is 30.4 Å². The molecule has 0 radical (unpaired) electrons. The van der Waals surface area contributed by atoms with Crippen molar-refractivity contribution in [3.63, 3.8) is 0 Å². The maximum absolute atomic E-state index is 12.0. The van der Waals surface area contributed by atoms with Gasteiger partial charge >= 0.3 is 0 Å². The fourth-order valence-corrected chi connectivity index (χ4v) is 2.00. The quantitative estimate of drug-likeness (QED) is 0.781. The third-order valence-electron chi connectivity index (χ3n) is 2.94. The highest BCUT2D eigenvalue weighted by Crippen LogP contribution is 2.21. The van der Waals surface area contributed by atoms with Crippen molar-refractivity contribution in [1.29, 1.82) is 0 Å². The van der Waals surface area contributed by atoms with Crippen molar-refractivity contribution < 1.29 is 4.79 Å². The lowest BCUT2D eigenvalue weighted by molar-refractivity contribution is -0.118. The van der Waals surface area contributed by atoms with Crippen LogP contribution in [0, 0.1) is 0 Å². The summed E-state index contributed by atoms with van der Waals surface area (Å²) in [6, 6.07) is 7.84. The topological polar surface area (TPSA) is 41.1 Å². The van der Waals surface area contributed by atoms with Crippen LogP contribution in [0.5, 0.6) is 0 Å². The summed E-state index contributed by atoms with van der Waals surface area (Å²) in [6.45, 7) is 6.48. The van der Waals surface area contributed by atoms with Crippen LogP contribution in [-0.2, 0) is 11.2 Å². The molecule has 0 saturated carbocycles. The molecule has 2 rings (SSSR count). The molecular weight excluding hydrogens is 212 g/mol. The standard InChI is InChI=1S/C14H18N2O/c1-10(2)9-15-13-8-7-11-5-3-4-6-12(11)16-14(13)17/h3-6,13,15H,1,7-9H2,2H3,(H,16,17). The molecule has 1 atom stereocenters. The highest BCUT2D eigenvalue weighted by Gasteiger charge is 2.22. The number of benzene rings is 1. The minimum atomic E-state index is -0.126. The third-order valence-corrected chi connectivity index (χ3v) is 2.94. The zero-order valence-corrected chi connectivity index (χ0v) is 10.1. The zero-order valence-electron chi connectivity index (χ0n) is 10.1. The van der Waals surface area contributed by atoms with Crippen LogP contribution in [0.4, 0.5) is 5.69 Å². The van der Waals surface area contributed by atoms with Crippen molar-refractivity contribution in [2.45, 2.75) is 25.8 Å². The third kappa shape index (κ3) is 2.94. The zero-order chi connectivity index (χ0) is 12.3. The predicted molar refractivity (Wildman–Crippen MR) is 70.0 cm³/mol. The van der Waals surface area contributed by atoms with E-state index < -0.39 is 0 Å². The molecule has 1 aromatic rings. The lowest BCUT2D eigenvalue weighted by Crippen LogP contribution is -2.40. The van der Waals surface area contributed by atoms with Gasteiger partial charge in [-0.05, 0) is 31.4 Å². The first-order valence-electron chi connectivity index (χ1n) is 5.93. The van der Waals surface area contributed by atoms with Gasteiger partial charge < -0.3 is 10.6 Å². The van der Waals surface area contributed by atoms with Gasteiger partial charge in [0.15, 0.2) is 0 Å². The molecular formula is C14H18N2O. The molecule has 3 nitrogen and oxygen atoms in total. The van der Waals surface area contributed by atoms with Crippen molar-refractivity contribution in [2.24, 2.45) is 0 Å². The van der Waals surface area contributed by atoms with E-state index in [1.54, 1.807) is 0 Å². The fourth-order valence-electron chi connectivity index (χ4n) is 2.00. The van der Waals surface area contributed by atoms with Crippen LogP contribution in [0.1, 0.15) is 18.9 Å². The number of hydrogen-bond acceptors (Lipinski definition) is 2. The van der Waals surface area contributed by atoms with Crippen LogP contribution in [-0.4, -0.2) is 18.5 Å². The number of para-hydroxylation sites is 1. The van der Waals surface area contributed by atoms with Gasteiger partial charge in [-0.25, -0.2) is 0 Å². The second-order valence-corrected chi connectivity index (χ2v) is 4.58. The van der Waals surface area contributed by atoms with Crippen LogP contribution in [0.2, 0.25) is 0 Å². The molecule has 3 heteroatoms. The molecule has 0 aromatic heterocycles. The van der Waals surface area contributed by atoms with Gasteiger partial charge in [0.1, 0.15) is 0 Å². The molecule has 1 amide bonds. The average Bonchev–Trinajstić information content (AvgIpc) is 2.45. The Morgan fingerprint density at radius 1 is 1.53 bits per heavy atom. The molecule has 0 aliphatic carbocycles. The summed E-state index contributed by atoms with van der Waals surface area (Å²) in [5.74, 6) is 0.0520. The highest BCUT2D eigenvalue weighted by molar-refractivity contribution is 5.96. The Morgan fingerprint density at radius 2 is 2.29 bits per heavy atom. The number of amides is 1. The van der Waals surface area contributed by atoms with Gasteiger partial charge in [0.2, 0.25) is 5.91 Å². The number of anilines is 1. The molecule has 0 bridgehead atoms. The van der Waals surface area contributed by atoms with E-state index >= 15 is 0 Å². The van der Waals surface area contributed by atoms with E-state index in [1.165, 1.54) is 5.56 Å². The lowest BCUT2D eigenvalue weighted by Gasteiger charge is -2.14. The number of hydrogen-bond donors (Lipinski definition) is 2. The Balaban J connectivity index is 2.07. The molecule has 0 spiro atoms. The number of carbonyl (C=O) groups is 1. The van der Waals surface area contributed by atoms with E-state index in [-0.39, 0.29) is 11.9 Å². The van der Waals surface area contributed by atoms with Crippen molar-refractivity contribution >= 4 is 11.6 Å². The van der Waals surface area contributed by atoms with Crippen molar-refractivity contribution in [2.75, 3.05) is 11.9 Å². The summed E-state index contributed by atoms with van der Waals surface area (Å²) in [7, 11) is 0. The Bertz CT molecular complexity index is 440. The van der Waals surface area contributed by atoms with E-state index in [9.17, 15) is 4.79 Å². The molecule has 0 saturated heterocycles. The number of carbonyl (C=O) groups excluding carboxylic acids is 1. The second-order valence-electron chi connectivity index (χ2n) is 4.58. The number of rotatable bonds is 3. The lowest BCUT2D eigenvalue weighted by atomic mass is 10.1. The van der Waals surface area contributed by atoms with E-state index in [0.29, 0.717) is 6.54 Å². The van der Waals surface area contributed by atoms with Gasteiger partial charge in [0.25, 0.3) is 0 Å². The van der Waals surface area contributed by atoms with Crippen LogP contribution in [0.3, 0.4) is 0 Å². The van der Waals surface area contributed by atoms with Crippen LogP contribution < -0.4 is 10.6 Å². The minimum Gasteiger partial charge on any atom is -0.324 e. The van der Waals surface area contributed by atoms with Crippen LogP contribution in [0.15, 0.2) is 36.4 Å². The number of fused-ring (bicyclic) bond motifs is 1. The largest absolute Gasteiger partial charge is 0.324 e. The Labute approximate surface area is 102 Å². The van der Waals surface area contributed by atoms with E-state index in [2.05, 4.69) is 23.3 Å². The summed E-state index contributed by atoms with van der Waals surface area (Å²) in [5.41, 5.74) is 3.19. The summed E-state index contributed by atoms with van der Waals surface area (Å²) in [6.07, 6.45) is 1.75. The van der Waals surface area contributed by atoms with Gasteiger partial charge in [-0.15, -0.1) is 0 Å². The van der Waals surface area contributed by atoms with E-state index in [4.69, 9.17) is 0 Å².